The number of hydrogen-bond acceptors (Lipinski definition) is 0. The molecule has 0 bridgehead atoms. The highest BCUT2D eigenvalue weighted by atomic mass is 19.4. The summed E-state index contributed by atoms with van der Waals surface area (Å²) in [5.74, 6) is -1.27. The van der Waals surface area contributed by atoms with Gasteiger partial charge in [-0.3, -0.25) is 0 Å². The molecule has 1 aliphatic rings. The van der Waals surface area contributed by atoms with Crippen LogP contribution in [0.25, 0.3) is 0 Å². The van der Waals surface area contributed by atoms with E-state index >= 15 is 0 Å². The molecular weight excluding hydrogens is 249 g/mol. The van der Waals surface area contributed by atoms with Crippen LogP contribution < -0.4 is 0 Å². The van der Waals surface area contributed by atoms with Gasteiger partial charge in [0.15, 0.2) is 0 Å². The molecule has 3 heteroatoms. The fourth-order valence-corrected chi connectivity index (χ4v) is 2.93. The maximum atomic E-state index is 13.1. The maximum Gasteiger partial charge on any atom is 0.393 e. The Labute approximate surface area is 109 Å². The van der Waals surface area contributed by atoms with Crippen LogP contribution in [0.15, 0.2) is 60.7 Å². The zero-order valence-electron chi connectivity index (χ0n) is 10.2. The Hall–Kier alpha value is -1.77. The van der Waals surface area contributed by atoms with Crippen molar-refractivity contribution in [2.75, 3.05) is 0 Å². The molecule has 1 atom stereocenters. The summed E-state index contributed by atoms with van der Waals surface area (Å²) in [6.07, 6.45) is -4.00. The van der Waals surface area contributed by atoms with Crippen LogP contribution in [0.5, 0.6) is 0 Å². The van der Waals surface area contributed by atoms with Gasteiger partial charge < -0.3 is 0 Å². The normalized spacial score (nSPS) is 21.1. The van der Waals surface area contributed by atoms with Gasteiger partial charge in [-0.05, 0) is 17.5 Å². The van der Waals surface area contributed by atoms with Gasteiger partial charge in [-0.15, -0.1) is 0 Å². The van der Waals surface area contributed by atoms with Crippen LogP contribution in [0.1, 0.15) is 17.5 Å². The van der Waals surface area contributed by atoms with Gasteiger partial charge in [-0.1, -0.05) is 60.7 Å². The maximum absolute atomic E-state index is 13.1. The SMILES string of the molecule is FC(F)(F)[C@@H]1CC1(c1ccccc1)c1ccccc1. The minimum Gasteiger partial charge on any atom is -0.171 e. The smallest absolute Gasteiger partial charge is 0.171 e. The van der Waals surface area contributed by atoms with Crippen LogP contribution in [0.2, 0.25) is 0 Å². The number of halogens is 3. The predicted octanol–water partition coefficient (Wildman–Crippen LogP) is 4.55. The second-order valence-electron chi connectivity index (χ2n) is 5.00. The van der Waals surface area contributed by atoms with Gasteiger partial charge in [0.25, 0.3) is 0 Å². The van der Waals surface area contributed by atoms with Crippen LogP contribution in [-0.2, 0) is 5.41 Å². The molecule has 0 saturated heterocycles. The molecule has 0 N–H and O–H groups in total. The largest absolute Gasteiger partial charge is 0.393 e. The van der Waals surface area contributed by atoms with Crippen molar-refractivity contribution in [3.05, 3.63) is 71.8 Å². The van der Waals surface area contributed by atoms with E-state index in [2.05, 4.69) is 0 Å². The first-order valence-corrected chi connectivity index (χ1v) is 6.23. The van der Waals surface area contributed by atoms with E-state index < -0.39 is 17.5 Å². The summed E-state index contributed by atoms with van der Waals surface area (Å²) in [6.45, 7) is 0. The molecule has 0 radical (unpaired) electrons. The predicted molar refractivity (Wildman–Crippen MR) is 67.8 cm³/mol. The second kappa shape index (κ2) is 4.12. The van der Waals surface area contributed by atoms with Gasteiger partial charge in [0, 0.05) is 5.41 Å². The van der Waals surface area contributed by atoms with E-state index in [1.807, 2.05) is 12.1 Å². The fraction of sp³-hybridized carbons (Fsp3) is 0.250. The van der Waals surface area contributed by atoms with E-state index in [0.29, 0.717) is 0 Å². The summed E-state index contributed by atoms with van der Waals surface area (Å²) in [4.78, 5) is 0. The Morgan fingerprint density at radius 2 is 1.21 bits per heavy atom. The van der Waals surface area contributed by atoms with Gasteiger partial charge in [-0.25, -0.2) is 0 Å². The molecule has 2 aromatic rings. The van der Waals surface area contributed by atoms with Gasteiger partial charge in [0.2, 0.25) is 0 Å². The Bertz CT molecular complexity index is 518. The third-order valence-corrected chi connectivity index (χ3v) is 3.93. The van der Waals surface area contributed by atoms with E-state index in [0.717, 1.165) is 11.1 Å². The van der Waals surface area contributed by atoms with Gasteiger partial charge in [-0.2, -0.15) is 13.2 Å². The molecule has 1 saturated carbocycles. The highest BCUT2D eigenvalue weighted by Crippen LogP contribution is 2.64. The first-order chi connectivity index (χ1) is 9.05. The van der Waals surface area contributed by atoms with Crippen molar-refractivity contribution in [2.45, 2.75) is 18.0 Å². The van der Waals surface area contributed by atoms with Crippen molar-refractivity contribution >= 4 is 0 Å². The first-order valence-electron chi connectivity index (χ1n) is 6.23. The lowest BCUT2D eigenvalue weighted by molar-refractivity contribution is -0.151. The number of alkyl halides is 3. The molecule has 0 amide bonds. The molecule has 1 aliphatic carbocycles. The lowest BCUT2D eigenvalue weighted by atomic mass is 9.85. The summed E-state index contributed by atoms with van der Waals surface area (Å²) in [6, 6.07) is 18.0. The average Bonchev–Trinajstić information content (AvgIpc) is 3.18. The number of hydrogen-bond donors (Lipinski definition) is 0. The highest BCUT2D eigenvalue weighted by Gasteiger charge is 2.67. The summed E-state index contributed by atoms with van der Waals surface area (Å²) in [5, 5.41) is 0. The Morgan fingerprint density at radius 3 is 1.53 bits per heavy atom. The first kappa shape index (κ1) is 12.3. The number of benzene rings is 2. The lowest BCUT2D eigenvalue weighted by Crippen LogP contribution is -2.22. The molecule has 0 spiro atoms. The minimum atomic E-state index is -4.15. The molecule has 1 fully saturated rings. The Balaban J connectivity index is 2.10. The third-order valence-electron chi connectivity index (χ3n) is 3.93. The van der Waals surface area contributed by atoms with E-state index in [1.165, 1.54) is 0 Å². The monoisotopic (exact) mass is 262 g/mol. The lowest BCUT2D eigenvalue weighted by Gasteiger charge is -2.20. The van der Waals surface area contributed by atoms with Crippen LogP contribution in [0, 0.1) is 5.92 Å². The van der Waals surface area contributed by atoms with Crippen LogP contribution >= 0.6 is 0 Å². The van der Waals surface area contributed by atoms with E-state index in [1.54, 1.807) is 48.5 Å². The highest BCUT2D eigenvalue weighted by molar-refractivity contribution is 5.47. The zero-order chi connectivity index (χ0) is 13.5. The Morgan fingerprint density at radius 1 is 0.789 bits per heavy atom. The second-order valence-corrected chi connectivity index (χ2v) is 5.00. The van der Waals surface area contributed by atoms with Crippen molar-refractivity contribution in [1.29, 1.82) is 0 Å². The van der Waals surface area contributed by atoms with Crippen molar-refractivity contribution in [1.82, 2.24) is 0 Å². The molecule has 19 heavy (non-hydrogen) atoms. The molecule has 2 aromatic carbocycles. The standard InChI is InChI=1S/C16H13F3/c17-16(18,19)14-11-15(14,12-7-3-1-4-8-12)13-9-5-2-6-10-13/h1-10,14H,11H2/t14-/m1/s1. The molecule has 0 aliphatic heterocycles. The molecule has 0 nitrogen and oxygen atoms in total. The third kappa shape index (κ3) is 1.93. The summed E-state index contributed by atoms with van der Waals surface area (Å²) >= 11 is 0. The summed E-state index contributed by atoms with van der Waals surface area (Å²) < 4.78 is 39.3. The van der Waals surface area contributed by atoms with Crippen molar-refractivity contribution in [2.24, 2.45) is 5.92 Å². The van der Waals surface area contributed by atoms with Gasteiger partial charge in [0.05, 0.1) is 5.92 Å². The van der Waals surface area contributed by atoms with Crippen LogP contribution in [0.4, 0.5) is 13.2 Å². The molecule has 98 valence electrons. The van der Waals surface area contributed by atoms with E-state index in [4.69, 9.17) is 0 Å². The summed E-state index contributed by atoms with van der Waals surface area (Å²) in [5.41, 5.74) is 0.618. The van der Waals surface area contributed by atoms with Crippen molar-refractivity contribution < 1.29 is 13.2 Å². The minimum absolute atomic E-state index is 0.143. The molecule has 0 aromatic heterocycles. The molecular formula is C16H13F3. The summed E-state index contributed by atoms with van der Waals surface area (Å²) in [7, 11) is 0. The quantitative estimate of drug-likeness (QED) is 0.744. The van der Waals surface area contributed by atoms with Crippen LogP contribution in [-0.4, -0.2) is 6.18 Å². The fourth-order valence-electron chi connectivity index (χ4n) is 2.93. The van der Waals surface area contributed by atoms with E-state index in [-0.39, 0.29) is 6.42 Å². The van der Waals surface area contributed by atoms with Gasteiger partial charge >= 0.3 is 6.18 Å². The van der Waals surface area contributed by atoms with Crippen molar-refractivity contribution in [3.8, 4) is 0 Å². The Kier molecular flexibility index (Phi) is 2.66. The topological polar surface area (TPSA) is 0 Å². The average molecular weight is 262 g/mol. The molecule has 0 unspecified atom stereocenters. The molecule has 3 rings (SSSR count). The van der Waals surface area contributed by atoms with Crippen LogP contribution in [0.3, 0.4) is 0 Å². The molecule has 0 heterocycles. The van der Waals surface area contributed by atoms with Gasteiger partial charge in [0.1, 0.15) is 0 Å². The van der Waals surface area contributed by atoms with E-state index in [9.17, 15) is 13.2 Å². The van der Waals surface area contributed by atoms with Crippen molar-refractivity contribution in [3.63, 3.8) is 0 Å². The zero-order valence-corrected chi connectivity index (χ0v) is 10.2. The number of rotatable bonds is 2.